The van der Waals surface area contributed by atoms with Crippen molar-refractivity contribution >= 4 is 46.9 Å². The van der Waals surface area contributed by atoms with Crippen LogP contribution < -0.4 is 5.32 Å². The fourth-order valence-electron chi connectivity index (χ4n) is 2.61. The Bertz CT molecular complexity index is 850. The number of thioether (sulfide) groups is 1. The maximum atomic E-state index is 12.4. The van der Waals surface area contributed by atoms with Gasteiger partial charge in [0.2, 0.25) is 11.1 Å². The fraction of sp³-hybridized carbons (Fsp3) is 0.267. The number of methoxy groups -OCH3 is 1. The molecule has 1 aromatic heterocycles. The van der Waals surface area contributed by atoms with Gasteiger partial charge >= 0.3 is 5.97 Å². The number of aromatic nitrogens is 3. The van der Waals surface area contributed by atoms with Crippen LogP contribution in [0.2, 0.25) is 10.0 Å². The van der Waals surface area contributed by atoms with Crippen LogP contribution in [0.3, 0.4) is 0 Å². The molecule has 0 radical (unpaired) electrons. The van der Waals surface area contributed by atoms with E-state index in [-0.39, 0.29) is 0 Å². The third kappa shape index (κ3) is 2.76. The highest BCUT2D eigenvalue weighted by molar-refractivity contribution is 7.98. The normalized spacial score (nSPS) is 16.6. The number of esters is 1. The summed E-state index contributed by atoms with van der Waals surface area (Å²) in [6.07, 6.45) is 1.88. The van der Waals surface area contributed by atoms with Crippen molar-refractivity contribution in [2.45, 2.75) is 18.1 Å². The van der Waals surface area contributed by atoms with Gasteiger partial charge in [-0.3, -0.25) is 0 Å². The van der Waals surface area contributed by atoms with Crippen molar-refractivity contribution in [3.63, 3.8) is 0 Å². The molecule has 1 atom stereocenters. The Kier molecular flexibility index (Phi) is 4.76. The van der Waals surface area contributed by atoms with Crippen LogP contribution in [0.4, 0.5) is 5.95 Å². The Labute approximate surface area is 153 Å². The van der Waals surface area contributed by atoms with Crippen LogP contribution in [0.1, 0.15) is 18.5 Å². The van der Waals surface area contributed by atoms with Crippen LogP contribution in [-0.4, -0.2) is 34.1 Å². The zero-order valence-electron chi connectivity index (χ0n) is 13.1. The zero-order valence-corrected chi connectivity index (χ0v) is 15.5. The van der Waals surface area contributed by atoms with Gasteiger partial charge in [0.15, 0.2) is 0 Å². The Morgan fingerprint density at radius 3 is 2.83 bits per heavy atom. The number of rotatable bonds is 3. The van der Waals surface area contributed by atoms with Crippen LogP contribution >= 0.6 is 35.0 Å². The second-order valence-corrected chi connectivity index (χ2v) is 6.63. The first-order valence-electron chi connectivity index (χ1n) is 6.98. The number of anilines is 1. The number of halogens is 2. The first-order chi connectivity index (χ1) is 11.5. The van der Waals surface area contributed by atoms with E-state index in [2.05, 4.69) is 15.4 Å². The average molecular weight is 385 g/mol. The molecule has 0 aliphatic carbocycles. The monoisotopic (exact) mass is 384 g/mol. The van der Waals surface area contributed by atoms with E-state index in [1.54, 1.807) is 23.7 Å². The van der Waals surface area contributed by atoms with Crippen LogP contribution in [0.5, 0.6) is 0 Å². The molecular formula is C15H14Cl2N4O2S. The smallest absolute Gasteiger partial charge is 0.338 e. The van der Waals surface area contributed by atoms with E-state index in [0.717, 1.165) is 0 Å². The molecule has 0 amide bonds. The topological polar surface area (TPSA) is 69.0 Å². The molecule has 0 spiro atoms. The van der Waals surface area contributed by atoms with Crippen molar-refractivity contribution < 1.29 is 9.53 Å². The number of carbonyl (C=O) groups is 1. The number of allylic oxidation sites excluding steroid dienone is 1. The lowest BCUT2D eigenvalue weighted by Crippen LogP contribution is -2.29. The molecule has 1 aliphatic heterocycles. The zero-order chi connectivity index (χ0) is 17.4. The van der Waals surface area contributed by atoms with Crippen LogP contribution in [0, 0.1) is 0 Å². The van der Waals surface area contributed by atoms with E-state index < -0.39 is 12.0 Å². The van der Waals surface area contributed by atoms with Crippen LogP contribution in [0.25, 0.3) is 0 Å². The Morgan fingerprint density at radius 2 is 2.17 bits per heavy atom. The summed E-state index contributed by atoms with van der Waals surface area (Å²) in [7, 11) is 1.34. The third-order valence-electron chi connectivity index (χ3n) is 3.70. The fourth-order valence-corrected chi connectivity index (χ4v) is 3.37. The number of nitrogens with zero attached hydrogens (tertiary/aromatic N) is 3. The molecular weight excluding hydrogens is 371 g/mol. The second kappa shape index (κ2) is 6.66. The minimum absolute atomic E-state index is 0.368. The van der Waals surface area contributed by atoms with E-state index in [1.165, 1.54) is 18.9 Å². The summed E-state index contributed by atoms with van der Waals surface area (Å²) in [6, 6.07) is 4.71. The summed E-state index contributed by atoms with van der Waals surface area (Å²) < 4.78 is 6.58. The van der Waals surface area contributed by atoms with E-state index in [9.17, 15) is 4.79 Å². The molecule has 3 rings (SSSR count). The number of ether oxygens (including phenoxy) is 1. The highest BCUT2D eigenvalue weighted by Crippen LogP contribution is 2.40. The molecule has 9 heteroatoms. The molecule has 0 saturated heterocycles. The molecule has 126 valence electrons. The predicted octanol–water partition coefficient (Wildman–Crippen LogP) is 3.77. The van der Waals surface area contributed by atoms with Gasteiger partial charge in [-0.1, -0.05) is 47.1 Å². The molecule has 0 fully saturated rings. The van der Waals surface area contributed by atoms with Gasteiger partial charge in [-0.15, -0.1) is 5.10 Å². The minimum atomic E-state index is -0.576. The summed E-state index contributed by atoms with van der Waals surface area (Å²) >= 11 is 14.0. The molecule has 6 nitrogen and oxygen atoms in total. The molecule has 1 aromatic carbocycles. The molecule has 0 bridgehead atoms. The van der Waals surface area contributed by atoms with Crippen molar-refractivity contribution in [3.05, 3.63) is 45.1 Å². The number of fused-ring (bicyclic) bond motifs is 1. The number of hydrogen-bond donors (Lipinski definition) is 1. The van der Waals surface area contributed by atoms with Gasteiger partial charge in [-0.25, -0.2) is 9.48 Å². The molecule has 1 aliphatic rings. The second-order valence-electron chi connectivity index (χ2n) is 5.07. The lowest BCUT2D eigenvalue weighted by Gasteiger charge is -2.28. The van der Waals surface area contributed by atoms with Gasteiger partial charge in [0.25, 0.3) is 0 Å². The first-order valence-corrected chi connectivity index (χ1v) is 8.96. The van der Waals surface area contributed by atoms with Crippen molar-refractivity contribution in [3.8, 4) is 0 Å². The van der Waals surface area contributed by atoms with Crippen molar-refractivity contribution in [2.24, 2.45) is 0 Å². The van der Waals surface area contributed by atoms with Gasteiger partial charge in [0, 0.05) is 11.3 Å². The van der Waals surface area contributed by atoms with Crippen LogP contribution in [-0.2, 0) is 9.53 Å². The first kappa shape index (κ1) is 17.1. The van der Waals surface area contributed by atoms with Crippen molar-refractivity contribution in [1.82, 2.24) is 14.8 Å². The number of nitrogens with one attached hydrogen (secondary N) is 1. The lowest BCUT2D eigenvalue weighted by atomic mass is 9.96. The maximum absolute atomic E-state index is 12.4. The van der Waals surface area contributed by atoms with Gasteiger partial charge in [0.05, 0.1) is 22.7 Å². The predicted molar refractivity (Wildman–Crippen MR) is 94.7 cm³/mol. The quantitative estimate of drug-likeness (QED) is 0.641. The van der Waals surface area contributed by atoms with Gasteiger partial charge < -0.3 is 10.1 Å². The maximum Gasteiger partial charge on any atom is 0.338 e. The minimum Gasteiger partial charge on any atom is -0.466 e. The molecule has 0 unspecified atom stereocenters. The van der Waals surface area contributed by atoms with Crippen molar-refractivity contribution in [1.29, 1.82) is 0 Å². The Balaban J connectivity index is 2.26. The summed E-state index contributed by atoms with van der Waals surface area (Å²) in [5.74, 6) is 0.0680. The SMILES string of the molecule is COC(=O)C1=C(C)Nc2nc(SC)nn2[C@@H]1c1cccc(Cl)c1Cl. The van der Waals surface area contributed by atoms with Crippen LogP contribution in [0.15, 0.2) is 34.6 Å². The van der Waals surface area contributed by atoms with E-state index in [1.807, 2.05) is 12.3 Å². The molecule has 2 heterocycles. The third-order valence-corrected chi connectivity index (χ3v) is 5.07. The number of carbonyl (C=O) groups excluding carboxylic acids is 1. The molecule has 0 saturated carbocycles. The highest BCUT2D eigenvalue weighted by Gasteiger charge is 2.36. The van der Waals surface area contributed by atoms with Crippen molar-refractivity contribution in [2.75, 3.05) is 18.7 Å². The largest absolute Gasteiger partial charge is 0.466 e. The van der Waals surface area contributed by atoms with Gasteiger partial charge in [0.1, 0.15) is 6.04 Å². The number of benzene rings is 1. The van der Waals surface area contributed by atoms with E-state index >= 15 is 0 Å². The molecule has 1 N–H and O–H groups in total. The number of hydrogen-bond acceptors (Lipinski definition) is 6. The van der Waals surface area contributed by atoms with E-state index in [4.69, 9.17) is 27.9 Å². The van der Waals surface area contributed by atoms with Gasteiger partial charge in [-0.2, -0.15) is 4.98 Å². The average Bonchev–Trinajstić information content (AvgIpc) is 2.98. The summed E-state index contributed by atoms with van der Waals surface area (Å²) in [4.78, 5) is 16.8. The summed E-state index contributed by atoms with van der Waals surface area (Å²) in [5, 5.41) is 8.91. The standard InChI is InChI=1S/C15H14Cl2N4O2S/c1-7-10(13(22)23-2)12(8-5-4-6-9(16)11(8)17)21-14(18-7)19-15(20-21)24-3/h4-6,12H,1-3H3,(H,18,19,20)/t12-/m1/s1. The van der Waals surface area contributed by atoms with Gasteiger partial charge in [-0.05, 0) is 19.2 Å². The Hall–Kier alpha value is -1.70. The highest BCUT2D eigenvalue weighted by atomic mass is 35.5. The Morgan fingerprint density at radius 1 is 1.42 bits per heavy atom. The summed E-state index contributed by atoms with van der Waals surface area (Å²) in [5.41, 5.74) is 1.70. The summed E-state index contributed by atoms with van der Waals surface area (Å²) in [6.45, 7) is 1.79. The van der Waals surface area contributed by atoms with E-state index in [0.29, 0.717) is 38.0 Å². The molecule has 24 heavy (non-hydrogen) atoms. The molecule has 2 aromatic rings. The lowest BCUT2D eigenvalue weighted by molar-refractivity contribution is -0.136.